The quantitative estimate of drug-likeness (QED) is 0.355. The Labute approximate surface area is 195 Å². The van der Waals surface area contributed by atoms with Gasteiger partial charge in [-0.25, -0.2) is 0 Å². The highest BCUT2D eigenvalue weighted by atomic mass is 16.5. The van der Waals surface area contributed by atoms with Crippen LogP contribution in [0.3, 0.4) is 0 Å². The average Bonchev–Trinajstić information content (AvgIpc) is 3.03. The van der Waals surface area contributed by atoms with Crippen LogP contribution in [0.15, 0.2) is 48.2 Å². The first-order chi connectivity index (χ1) is 15.7. The molecule has 2 heterocycles. The van der Waals surface area contributed by atoms with Crippen LogP contribution in [0.1, 0.15) is 43.1 Å². The Balaban J connectivity index is 2.01. The minimum atomic E-state index is -0.731. The van der Waals surface area contributed by atoms with Gasteiger partial charge < -0.3 is 19.6 Å². The Kier molecular flexibility index (Phi) is 7.87. The van der Waals surface area contributed by atoms with E-state index in [1.54, 1.807) is 36.5 Å². The van der Waals surface area contributed by atoms with Gasteiger partial charge in [0.05, 0.1) is 17.9 Å². The second-order valence-electron chi connectivity index (χ2n) is 9.09. The number of aliphatic hydroxyl groups excluding tert-OH is 1. The molecule has 0 aliphatic carbocycles. The van der Waals surface area contributed by atoms with Gasteiger partial charge >= 0.3 is 0 Å². The number of likely N-dealkylation sites (tertiary alicyclic amines) is 1. The fourth-order valence-corrected chi connectivity index (χ4v) is 3.88. The molecule has 1 unspecified atom stereocenters. The highest BCUT2D eigenvalue weighted by Crippen LogP contribution is 2.39. The van der Waals surface area contributed by atoms with Crippen LogP contribution in [-0.2, 0) is 9.59 Å². The normalized spacial score (nSPS) is 17.9. The number of ketones is 1. The number of aliphatic hydroxyl groups is 1. The molecule has 7 heteroatoms. The predicted molar refractivity (Wildman–Crippen MR) is 128 cm³/mol. The summed E-state index contributed by atoms with van der Waals surface area (Å²) in [6.07, 6.45) is 2.32. The van der Waals surface area contributed by atoms with Crippen molar-refractivity contribution in [1.82, 2.24) is 14.8 Å². The second-order valence-corrected chi connectivity index (χ2v) is 9.09. The van der Waals surface area contributed by atoms with E-state index in [9.17, 15) is 14.7 Å². The number of rotatable bonds is 9. The number of hydrogen-bond donors (Lipinski definition) is 1. The summed E-state index contributed by atoms with van der Waals surface area (Å²) in [5, 5.41) is 11.2. The van der Waals surface area contributed by atoms with Crippen LogP contribution in [0, 0.1) is 12.8 Å². The molecule has 1 saturated heterocycles. The van der Waals surface area contributed by atoms with Crippen molar-refractivity contribution in [3.05, 3.63) is 65.0 Å². The summed E-state index contributed by atoms with van der Waals surface area (Å²) in [6, 6.07) is 9.92. The van der Waals surface area contributed by atoms with Crippen molar-refractivity contribution in [2.75, 3.05) is 33.8 Å². The molecule has 1 aliphatic heterocycles. The summed E-state index contributed by atoms with van der Waals surface area (Å²) < 4.78 is 5.83. The molecular formula is C26H33N3O4. The monoisotopic (exact) mass is 451 g/mol. The number of nitrogens with zero attached hydrogens (tertiary/aromatic N) is 3. The van der Waals surface area contributed by atoms with E-state index in [1.165, 1.54) is 4.90 Å². The van der Waals surface area contributed by atoms with Crippen molar-refractivity contribution in [1.29, 1.82) is 0 Å². The van der Waals surface area contributed by atoms with Crippen LogP contribution < -0.4 is 4.74 Å². The van der Waals surface area contributed by atoms with Crippen molar-refractivity contribution in [3.8, 4) is 5.75 Å². The average molecular weight is 452 g/mol. The molecule has 1 fully saturated rings. The van der Waals surface area contributed by atoms with Crippen LogP contribution in [0.25, 0.3) is 5.76 Å². The molecule has 0 radical (unpaired) electrons. The SMILES string of the molecule is Cc1cc(/C(O)=C2/C(=O)C(=O)N(CCCN(C)C)C2c2ccccn2)ccc1OCC(C)C. The van der Waals surface area contributed by atoms with Gasteiger partial charge in [-0.3, -0.25) is 14.6 Å². The smallest absolute Gasteiger partial charge is 0.295 e. The summed E-state index contributed by atoms with van der Waals surface area (Å²) in [5.74, 6) is -0.382. The highest BCUT2D eigenvalue weighted by molar-refractivity contribution is 6.46. The van der Waals surface area contributed by atoms with Crippen molar-refractivity contribution >= 4 is 17.4 Å². The van der Waals surface area contributed by atoms with Gasteiger partial charge in [-0.1, -0.05) is 19.9 Å². The lowest BCUT2D eigenvalue weighted by atomic mass is 9.97. The number of benzene rings is 1. The summed E-state index contributed by atoms with van der Waals surface area (Å²) >= 11 is 0. The van der Waals surface area contributed by atoms with E-state index in [0.29, 0.717) is 36.7 Å². The van der Waals surface area contributed by atoms with Crippen LogP contribution in [0.5, 0.6) is 5.75 Å². The van der Waals surface area contributed by atoms with E-state index in [1.807, 2.05) is 32.0 Å². The van der Waals surface area contributed by atoms with Crippen molar-refractivity contribution in [2.24, 2.45) is 5.92 Å². The zero-order valence-electron chi connectivity index (χ0n) is 20.0. The number of pyridine rings is 1. The molecule has 1 atom stereocenters. The fraction of sp³-hybridized carbons (Fsp3) is 0.423. The fourth-order valence-electron chi connectivity index (χ4n) is 3.88. The van der Waals surface area contributed by atoms with E-state index in [-0.39, 0.29) is 11.3 Å². The summed E-state index contributed by atoms with van der Waals surface area (Å²) in [7, 11) is 3.92. The van der Waals surface area contributed by atoms with Crippen molar-refractivity contribution in [3.63, 3.8) is 0 Å². The topological polar surface area (TPSA) is 83.0 Å². The second kappa shape index (κ2) is 10.6. The molecular weight excluding hydrogens is 418 g/mol. The third-order valence-corrected chi connectivity index (χ3v) is 5.53. The molecule has 0 bridgehead atoms. The largest absolute Gasteiger partial charge is 0.507 e. The van der Waals surface area contributed by atoms with Gasteiger partial charge in [-0.05, 0) is 75.8 Å². The standard InChI is InChI=1S/C26H33N3O4/c1-17(2)16-33-21-11-10-19(15-18(21)3)24(30)22-23(20-9-6-7-12-27-20)29(26(32)25(22)31)14-8-13-28(4)5/h6-7,9-12,15,17,23,30H,8,13-14,16H2,1-5H3/b24-22-. The number of amides is 1. The molecule has 7 nitrogen and oxygen atoms in total. The predicted octanol–water partition coefficient (Wildman–Crippen LogP) is 3.80. The Bertz CT molecular complexity index is 1030. The molecule has 33 heavy (non-hydrogen) atoms. The molecule has 176 valence electrons. The molecule has 3 rings (SSSR count). The Morgan fingerprint density at radius 3 is 2.58 bits per heavy atom. The first-order valence-corrected chi connectivity index (χ1v) is 11.3. The summed E-state index contributed by atoms with van der Waals surface area (Å²) in [5.41, 5.74) is 1.93. The third kappa shape index (κ3) is 5.60. The molecule has 1 aromatic carbocycles. The van der Waals surface area contributed by atoms with Crippen molar-refractivity contribution in [2.45, 2.75) is 33.2 Å². The van der Waals surface area contributed by atoms with Crippen LogP contribution >= 0.6 is 0 Å². The van der Waals surface area contributed by atoms with E-state index in [4.69, 9.17) is 4.74 Å². The Hall–Kier alpha value is -3.19. The number of carbonyl (C=O) groups excluding carboxylic acids is 2. The van der Waals surface area contributed by atoms with Gasteiger partial charge in [-0.2, -0.15) is 0 Å². The maximum Gasteiger partial charge on any atom is 0.295 e. The molecule has 1 N–H and O–H groups in total. The molecule has 1 aromatic heterocycles. The minimum absolute atomic E-state index is 0.0683. The van der Waals surface area contributed by atoms with Gasteiger partial charge in [0, 0.05) is 18.3 Å². The van der Waals surface area contributed by atoms with Gasteiger partial charge in [-0.15, -0.1) is 0 Å². The van der Waals surface area contributed by atoms with E-state index in [0.717, 1.165) is 17.9 Å². The first kappa shape index (κ1) is 24.5. The number of Topliss-reactive ketones (excluding diaryl/α,β-unsaturated/α-hetero) is 1. The summed E-state index contributed by atoms with van der Waals surface area (Å²) in [4.78, 5) is 34.0. The number of aryl methyl sites for hydroxylation is 1. The van der Waals surface area contributed by atoms with Crippen LogP contribution in [0.2, 0.25) is 0 Å². The van der Waals surface area contributed by atoms with Crippen molar-refractivity contribution < 1.29 is 19.4 Å². The van der Waals surface area contributed by atoms with Crippen LogP contribution in [-0.4, -0.2) is 65.4 Å². The number of carbonyl (C=O) groups is 2. The lowest BCUT2D eigenvalue weighted by Gasteiger charge is -2.25. The highest BCUT2D eigenvalue weighted by Gasteiger charge is 2.46. The molecule has 0 spiro atoms. The molecule has 0 saturated carbocycles. The Morgan fingerprint density at radius 1 is 1.21 bits per heavy atom. The zero-order valence-corrected chi connectivity index (χ0v) is 20.0. The molecule has 1 aliphatic rings. The van der Waals surface area contributed by atoms with E-state index >= 15 is 0 Å². The van der Waals surface area contributed by atoms with E-state index in [2.05, 4.69) is 18.8 Å². The summed E-state index contributed by atoms with van der Waals surface area (Å²) in [6.45, 7) is 7.79. The lowest BCUT2D eigenvalue weighted by Crippen LogP contribution is -2.32. The minimum Gasteiger partial charge on any atom is -0.507 e. The number of aromatic nitrogens is 1. The maximum atomic E-state index is 13.1. The first-order valence-electron chi connectivity index (χ1n) is 11.3. The molecule has 1 amide bonds. The van der Waals surface area contributed by atoms with Gasteiger partial charge in [0.15, 0.2) is 0 Å². The van der Waals surface area contributed by atoms with Gasteiger partial charge in [0.2, 0.25) is 0 Å². The van der Waals surface area contributed by atoms with Gasteiger partial charge in [0.25, 0.3) is 11.7 Å². The Morgan fingerprint density at radius 2 is 1.97 bits per heavy atom. The third-order valence-electron chi connectivity index (χ3n) is 5.53. The number of hydrogen-bond acceptors (Lipinski definition) is 6. The molecule has 2 aromatic rings. The zero-order chi connectivity index (χ0) is 24.1. The van der Waals surface area contributed by atoms with Crippen LogP contribution in [0.4, 0.5) is 0 Å². The lowest BCUT2D eigenvalue weighted by molar-refractivity contribution is -0.140. The van der Waals surface area contributed by atoms with Gasteiger partial charge in [0.1, 0.15) is 17.6 Å². The maximum absolute atomic E-state index is 13.1. The number of ether oxygens (including phenoxy) is 1. The van der Waals surface area contributed by atoms with E-state index < -0.39 is 17.7 Å².